The van der Waals surface area contributed by atoms with Crippen LogP contribution in [-0.2, 0) is 0 Å². The topological polar surface area (TPSA) is 129 Å². The molecule has 1 saturated heterocycles. The first-order chi connectivity index (χ1) is 10.5. The summed E-state index contributed by atoms with van der Waals surface area (Å²) in [7, 11) is 0. The van der Waals surface area contributed by atoms with Crippen molar-refractivity contribution in [2.24, 2.45) is 0 Å². The molecule has 0 saturated carbocycles. The summed E-state index contributed by atoms with van der Waals surface area (Å²) < 4.78 is 4.21. The highest BCUT2D eigenvalue weighted by molar-refractivity contribution is 5.93. The van der Waals surface area contributed by atoms with Crippen LogP contribution in [0.1, 0.15) is 0 Å². The van der Waals surface area contributed by atoms with Crippen molar-refractivity contribution in [3.05, 3.63) is 27.5 Å². The smallest absolute Gasteiger partial charge is 0.300 e. The van der Waals surface area contributed by atoms with Crippen LogP contribution < -0.4 is 4.90 Å². The molecule has 1 N–H and O–H groups in total. The number of quaternary nitrogens is 1. The van der Waals surface area contributed by atoms with E-state index in [4.69, 9.17) is 5.11 Å². The van der Waals surface area contributed by atoms with Crippen LogP contribution in [0.25, 0.3) is 11.0 Å². The summed E-state index contributed by atoms with van der Waals surface area (Å²) in [5.41, 5.74) is 0.928. The molecule has 0 atom stereocenters. The van der Waals surface area contributed by atoms with Crippen LogP contribution in [0.2, 0.25) is 0 Å². The third kappa shape index (κ3) is 2.47. The lowest BCUT2D eigenvalue weighted by atomic mass is 10.2. The second kappa shape index (κ2) is 5.48. The van der Waals surface area contributed by atoms with Crippen molar-refractivity contribution < 1.29 is 19.3 Å². The molecular formula is C12H15N5O5. The van der Waals surface area contributed by atoms with Crippen molar-refractivity contribution in [1.29, 1.82) is 0 Å². The monoisotopic (exact) mass is 309 g/mol. The number of benzene rings is 1. The van der Waals surface area contributed by atoms with Crippen LogP contribution in [0.4, 0.5) is 11.4 Å². The number of piperazine rings is 1. The summed E-state index contributed by atoms with van der Waals surface area (Å²) in [4.78, 5) is 12.4. The maximum absolute atomic E-state index is 12.3. The molecule has 1 aliphatic heterocycles. The van der Waals surface area contributed by atoms with Gasteiger partial charge in [-0.05, 0) is 16.4 Å². The van der Waals surface area contributed by atoms with E-state index >= 15 is 0 Å². The molecule has 1 aliphatic rings. The fourth-order valence-electron chi connectivity index (χ4n) is 2.72. The summed E-state index contributed by atoms with van der Waals surface area (Å²) in [5, 5.41) is 39.5. The number of non-ortho nitro benzene ring substituents is 1. The van der Waals surface area contributed by atoms with Gasteiger partial charge < -0.3 is 19.9 Å². The van der Waals surface area contributed by atoms with Gasteiger partial charge in [0.2, 0.25) is 5.52 Å². The molecule has 22 heavy (non-hydrogen) atoms. The van der Waals surface area contributed by atoms with Crippen LogP contribution >= 0.6 is 0 Å². The Bertz CT molecular complexity index is 694. The summed E-state index contributed by atoms with van der Waals surface area (Å²) in [6.45, 7) is 1.66. The van der Waals surface area contributed by atoms with E-state index in [9.17, 15) is 15.3 Å². The average molecular weight is 309 g/mol. The average Bonchev–Trinajstić information content (AvgIpc) is 2.96. The van der Waals surface area contributed by atoms with Gasteiger partial charge in [-0.1, -0.05) is 0 Å². The first-order valence-electron chi connectivity index (χ1n) is 6.87. The quantitative estimate of drug-likeness (QED) is 0.368. The first-order valence-corrected chi connectivity index (χ1v) is 6.87. The Morgan fingerprint density at radius 1 is 1.32 bits per heavy atom. The Hall–Kier alpha value is -2.30. The number of nitro benzene ring substituents is 1. The third-order valence-electron chi connectivity index (χ3n) is 3.97. The van der Waals surface area contributed by atoms with E-state index in [1.54, 1.807) is 6.07 Å². The van der Waals surface area contributed by atoms with Crippen LogP contribution in [0.5, 0.6) is 0 Å². The second-order valence-electron chi connectivity index (χ2n) is 5.26. The number of fused-ring (bicyclic) bond motifs is 1. The minimum absolute atomic E-state index is 0.103. The Balaban J connectivity index is 1.88. The van der Waals surface area contributed by atoms with Gasteiger partial charge in [-0.2, -0.15) is 0 Å². The maximum atomic E-state index is 12.3. The van der Waals surface area contributed by atoms with Gasteiger partial charge >= 0.3 is 5.69 Å². The molecule has 0 aliphatic carbocycles. The second-order valence-corrected chi connectivity index (χ2v) is 5.26. The van der Waals surface area contributed by atoms with E-state index in [0.29, 0.717) is 37.4 Å². The molecule has 1 aromatic heterocycles. The number of hydroxylamine groups is 3. The number of nitro groups is 1. The van der Waals surface area contributed by atoms with Gasteiger partial charge in [0.15, 0.2) is 5.52 Å². The molecule has 0 spiro atoms. The van der Waals surface area contributed by atoms with Crippen molar-refractivity contribution in [2.75, 3.05) is 44.2 Å². The Morgan fingerprint density at radius 2 is 2.00 bits per heavy atom. The fourth-order valence-corrected chi connectivity index (χ4v) is 2.72. The molecule has 118 valence electrons. The van der Waals surface area contributed by atoms with Gasteiger partial charge in [0.05, 0.1) is 43.4 Å². The van der Waals surface area contributed by atoms with E-state index in [-0.39, 0.29) is 24.4 Å². The number of nitrogens with zero attached hydrogens (tertiary/aromatic N) is 5. The lowest BCUT2D eigenvalue weighted by molar-refractivity contribution is -0.881. The Labute approximate surface area is 124 Å². The van der Waals surface area contributed by atoms with Crippen molar-refractivity contribution in [2.45, 2.75) is 0 Å². The number of rotatable bonds is 4. The summed E-state index contributed by atoms with van der Waals surface area (Å²) in [6.07, 6.45) is 0. The summed E-state index contributed by atoms with van der Waals surface area (Å²) in [5.74, 6) is 0. The molecule has 10 heteroatoms. The van der Waals surface area contributed by atoms with E-state index in [2.05, 4.69) is 14.9 Å². The number of anilines is 1. The number of aromatic nitrogens is 2. The van der Waals surface area contributed by atoms with E-state index < -0.39 is 9.57 Å². The van der Waals surface area contributed by atoms with Gasteiger partial charge in [0, 0.05) is 6.07 Å². The van der Waals surface area contributed by atoms with Crippen LogP contribution in [0, 0.1) is 15.3 Å². The largest absolute Gasteiger partial charge is 0.633 e. The number of aliphatic hydroxyl groups is 1. The van der Waals surface area contributed by atoms with Gasteiger partial charge in [-0.15, -0.1) is 0 Å². The highest BCUT2D eigenvalue weighted by Crippen LogP contribution is 2.32. The molecule has 0 bridgehead atoms. The Morgan fingerprint density at radius 3 is 2.64 bits per heavy atom. The van der Waals surface area contributed by atoms with Crippen molar-refractivity contribution in [3.63, 3.8) is 0 Å². The maximum Gasteiger partial charge on any atom is 0.300 e. The number of aliphatic hydroxyl groups excluding tert-OH is 1. The molecule has 2 aromatic rings. The lowest BCUT2D eigenvalue weighted by Gasteiger charge is -2.48. The van der Waals surface area contributed by atoms with Crippen LogP contribution in [0.3, 0.4) is 0 Å². The zero-order chi connectivity index (χ0) is 15.7. The summed E-state index contributed by atoms with van der Waals surface area (Å²) >= 11 is 0. The standard InChI is InChI=1S/C12H15N5O5/c18-8-7-17(21)5-3-15(4-6-17)9-1-2-10(16(19)20)12-11(9)13-22-14-12/h1-2,18H,3-8H2. The van der Waals surface area contributed by atoms with Crippen molar-refractivity contribution in [3.8, 4) is 0 Å². The predicted molar refractivity (Wildman–Crippen MR) is 76.0 cm³/mol. The zero-order valence-electron chi connectivity index (χ0n) is 11.7. The highest BCUT2D eigenvalue weighted by atomic mass is 16.6. The minimum Gasteiger partial charge on any atom is -0.633 e. The molecule has 0 amide bonds. The van der Waals surface area contributed by atoms with E-state index in [0.717, 1.165) is 0 Å². The molecule has 1 fully saturated rings. The molecule has 3 rings (SSSR count). The molecule has 10 nitrogen and oxygen atoms in total. The van der Waals surface area contributed by atoms with Crippen molar-refractivity contribution in [1.82, 2.24) is 10.3 Å². The van der Waals surface area contributed by atoms with Crippen LogP contribution in [-0.4, -0.2) is 64.3 Å². The lowest BCUT2D eigenvalue weighted by Crippen LogP contribution is -2.57. The molecule has 1 aromatic carbocycles. The van der Waals surface area contributed by atoms with Gasteiger partial charge in [0.25, 0.3) is 0 Å². The van der Waals surface area contributed by atoms with Crippen molar-refractivity contribution >= 4 is 22.4 Å². The fraction of sp³-hybridized carbons (Fsp3) is 0.500. The molecule has 2 heterocycles. The highest BCUT2D eigenvalue weighted by Gasteiger charge is 2.28. The third-order valence-corrected chi connectivity index (χ3v) is 3.97. The normalized spacial score (nSPS) is 17.8. The number of hydrogen-bond acceptors (Lipinski definition) is 8. The van der Waals surface area contributed by atoms with Crippen LogP contribution in [0.15, 0.2) is 16.8 Å². The first kappa shape index (κ1) is 14.6. The zero-order valence-corrected chi connectivity index (χ0v) is 11.7. The molecular weight excluding hydrogens is 294 g/mol. The molecule has 0 radical (unpaired) electrons. The van der Waals surface area contributed by atoms with E-state index in [1.807, 2.05) is 4.90 Å². The summed E-state index contributed by atoms with van der Waals surface area (Å²) in [6, 6.07) is 2.96. The SMILES string of the molecule is O=[N+]([O-])c1ccc(N2CC[N+]([O-])(CCO)CC2)c2nonc12. The Kier molecular flexibility index (Phi) is 3.64. The minimum atomic E-state index is -0.534. The van der Waals surface area contributed by atoms with Gasteiger partial charge in [-0.25, -0.2) is 4.63 Å². The number of hydrogen-bond donors (Lipinski definition) is 1. The van der Waals surface area contributed by atoms with Gasteiger partial charge in [0.1, 0.15) is 6.54 Å². The van der Waals surface area contributed by atoms with E-state index in [1.165, 1.54) is 6.07 Å². The van der Waals surface area contributed by atoms with Gasteiger partial charge in [-0.3, -0.25) is 10.1 Å². The predicted octanol–water partition coefficient (Wildman–Crippen LogP) is 0.258. The molecule has 0 unspecified atom stereocenters.